The molecule has 0 heterocycles. The largest absolute Gasteiger partial charge is 0.481 e. The number of carboxylic acids is 2. The lowest BCUT2D eigenvalue weighted by molar-refractivity contribution is -0.140. The fourth-order valence-corrected chi connectivity index (χ4v) is 2.01. The summed E-state index contributed by atoms with van der Waals surface area (Å²) in [6.07, 6.45) is -0.740. The van der Waals surface area contributed by atoms with Crippen molar-refractivity contribution < 1.29 is 28.2 Å². The van der Waals surface area contributed by atoms with Crippen molar-refractivity contribution in [1.29, 1.82) is 0 Å². The number of carbonyl (C=O) groups is 2. The molecular weight excluding hydrogens is 240 g/mol. The second-order valence-corrected chi connectivity index (χ2v) is 4.92. The Hall–Kier alpha value is -1.19. The molecule has 16 heavy (non-hydrogen) atoms. The maximum absolute atomic E-state index is 11.2. The summed E-state index contributed by atoms with van der Waals surface area (Å²) in [5.41, 5.74) is 5.03. The fourth-order valence-electron chi connectivity index (χ4n) is 0.931. The molecule has 5 N–H and O–H groups in total. The van der Waals surface area contributed by atoms with Crippen LogP contribution in [0.4, 0.5) is 0 Å². The van der Waals surface area contributed by atoms with Crippen LogP contribution in [0.1, 0.15) is 12.8 Å². The van der Waals surface area contributed by atoms with E-state index in [1.165, 1.54) is 0 Å². The van der Waals surface area contributed by atoms with E-state index in [-0.39, 0.29) is 13.0 Å². The minimum Gasteiger partial charge on any atom is -0.481 e. The zero-order valence-corrected chi connectivity index (χ0v) is 9.24. The van der Waals surface area contributed by atoms with E-state index in [2.05, 4.69) is 0 Å². The Labute approximate surface area is 92.5 Å². The molecule has 0 radical (unpaired) electrons. The molecule has 0 saturated heterocycles. The molecule has 0 fully saturated rings. The molecule has 8 nitrogen and oxygen atoms in total. The summed E-state index contributed by atoms with van der Waals surface area (Å²) in [6, 6.07) is -1.44. The monoisotopic (exact) mass is 254 g/mol. The van der Waals surface area contributed by atoms with E-state index in [1.807, 2.05) is 4.72 Å². The number of nitrogens with one attached hydrogen (secondary N) is 1. The standard InChI is InChI=1S/C7H14N2O6S/c8-3-4-16(14,15)9-5(7(12)13)1-2-6(10)11/h5,9H,1-4,8H2,(H,10,11)(H,12,13). The molecule has 0 aromatic carbocycles. The summed E-state index contributed by atoms with van der Waals surface area (Å²) in [5, 5.41) is 17.0. The summed E-state index contributed by atoms with van der Waals surface area (Å²) in [7, 11) is -3.77. The second kappa shape index (κ2) is 6.40. The van der Waals surface area contributed by atoms with Gasteiger partial charge in [0.05, 0.1) is 5.75 Å². The van der Waals surface area contributed by atoms with Gasteiger partial charge in [0.15, 0.2) is 0 Å². The van der Waals surface area contributed by atoms with Crippen molar-refractivity contribution >= 4 is 22.0 Å². The fraction of sp³-hybridized carbons (Fsp3) is 0.714. The molecule has 0 aromatic heterocycles. The molecule has 0 aliphatic carbocycles. The van der Waals surface area contributed by atoms with Crippen molar-refractivity contribution in [1.82, 2.24) is 4.72 Å². The van der Waals surface area contributed by atoms with Gasteiger partial charge in [-0.15, -0.1) is 0 Å². The summed E-state index contributed by atoms with van der Waals surface area (Å²) >= 11 is 0. The highest BCUT2D eigenvalue weighted by Gasteiger charge is 2.23. The van der Waals surface area contributed by atoms with Crippen LogP contribution in [0, 0.1) is 0 Å². The van der Waals surface area contributed by atoms with Gasteiger partial charge in [0, 0.05) is 13.0 Å². The Morgan fingerprint density at radius 1 is 1.31 bits per heavy atom. The van der Waals surface area contributed by atoms with E-state index in [1.54, 1.807) is 0 Å². The number of carboxylic acid groups (broad SMARTS) is 2. The molecule has 0 bridgehead atoms. The zero-order chi connectivity index (χ0) is 12.8. The van der Waals surface area contributed by atoms with E-state index in [0.29, 0.717) is 0 Å². The smallest absolute Gasteiger partial charge is 0.321 e. The molecule has 1 unspecified atom stereocenters. The molecule has 94 valence electrons. The van der Waals surface area contributed by atoms with Crippen molar-refractivity contribution in [2.24, 2.45) is 5.73 Å². The van der Waals surface area contributed by atoms with Crippen LogP contribution in [0.2, 0.25) is 0 Å². The van der Waals surface area contributed by atoms with Gasteiger partial charge in [-0.3, -0.25) is 9.59 Å². The first-order valence-electron chi connectivity index (χ1n) is 4.43. The Balaban J connectivity index is 4.45. The van der Waals surface area contributed by atoms with Crippen molar-refractivity contribution in [3.05, 3.63) is 0 Å². The van der Waals surface area contributed by atoms with Crippen molar-refractivity contribution in [2.75, 3.05) is 12.3 Å². The van der Waals surface area contributed by atoms with Gasteiger partial charge in [0.1, 0.15) is 6.04 Å². The number of aliphatic carboxylic acids is 2. The van der Waals surface area contributed by atoms with Crippen molar-refractivity contribution in [3.8, 4) is 0 Å². The predicted molar refractivity (Wildman–Crippen MR) is 54.3 cm³/mol. The Morgan fingerprint density at radius 3 is 2.25 bits per heavy atom. The number of nitrogens with two attached hydrogens (primary N) is 1. The summed E-state index contributed by atoms with van der Waals surface area (Å²) < 4.78 is 24.3. The Morgan fingerprint density at radius 2 is 1.88 bits per heavy atom. The average molecular weight is 254 g/mol. The number of sulfonamides is 1. The van der Waals surface area contributed by atoms with Crippen LogP contribution < -0.4 is 10.5 Å². The quantitative estimate of drug-likeness (QED) is 0.398. The molecule has 0 aliphatic rings. The van der Waals surface area contributed by atoms with Crippen LogP contribution >= 0.6 is 0 Å². The lowest BCUT2D eigenvalue weighted by atomic mass is 10.2. The van der Waals surface area contributed by atoms with Crippen molar-refractivity contribution in [3.63, 3.8) is 0 Å². The zero-order valence-electron chi connectivity index (χ0n) is 8.42. The molecule has 1 atom stereocenters. The summed E-state index contributed by atoms with van der Waals surface area (Å²) in [4.78, 5) is 20.9. The van der Waals surface area contributed by atoms with Crippen LogP contribution in [0.25, 0.3) is 0 Å². The van der Waals surface area contributed by atoms with Gasteiger partial charge < -0.3 is 15.9 Å². The average Bonchev–Trinajstić information content (AvgIpc) is 2.11. The van der Waals surface area contributed by atoms with Crippen LogP contribution in [0.5, 0.6) is 0 Å². The third kappa shape index (κ3) is 6.32. The maximum atomic E-state index is 11.2. The highest BCUT2D eigenvalue weighted by atomic mass is 32.2. The molecule has 0 aromatic rings. The molecule has 0 amide bonds. The first-order chi connectivity index (χ1) is 7.28. The number of rotatable bonds is 8. The van der Waals surface area contributed by atoms with Gasteiger partial charge in [0.2, 0.25) is 10.0 Å². The van der Waals surface area contributed by atoms with Gasteiger partial charge in [-0.2, -0.15) is 0 Å². The van der Waals surface area contributed by atoms with Crippen LogP contribution in [0.15, 0.2) is 0 Å². The third-order valence-corrected chi connectivity index (χ3v) is 3.07. The normalized spacial score (nSPS) is 13.3. The highest BCUT2D eigenvalue weighted by molar-refractivity contribution is 7.89. The van der Waals surface area contributed by atoms with Gasteiger partial charge >= 0.3 is 11.9 Å². The summed E-state index contributed by atoms with van der Waals surface area (Å²) in [6.45, 7) is -0.138. The van der Waals surface area contributed by atoms with Crippen LogP contribution in [-0.2, 0) is 19.6 Å². The van der Waals surface area contributed by atoms with Gasteiger partial charge in [0.25, 0.3) is 0 Å². The van der Waals surface area contributed by atoms with Gasteiger partial charge in [-0.1, -0.05) is 0 Å². The van der Waals surface area contributed by atoms with E-state index in [4.69, 9.17) is 15.9 Å². The molecular formula is C7H14N2O6S. The predicted octanol–water partition coefficient (Wildman–Crippen LogP) is -1.82. The van der Waals surface area contributed by atoms with E-state index in [0.717, 1.165) is 0 Å². The molecule has 0 rings (SSSR count). The van der Waals surface area contributed by atoms with Crippen LogP contribution in [-0.4, -0.2) is 48.9 Å². The summed E-state index contributed by atoms with van der Waals surface area (Å²) in [5.74, 6) is -3.00. The minimum atomic E-state index is -3.77. The topological polar surface area (TPSA) is 147 Å². The highest BCUT2D eigenvalue weighted by Crippen LogP contribution is 2.00. The minimum absolute atomic E-state index is 0.138. The van der Waals surface area contributed by atoms with E-state index < -0.39 is 40.2 Å². The molecule has 0 saturated carbocycles. The lowest BCUT2D eigenvalue weighted by Gasteiger charge is -2.13. The SMILES string of the molecule is NCCS(=O)(=O)NC(CCC(=O)O)C(=O)O. The van der Waals surface area contributed by atoms with Gasteiger partial charge in [-0.05, 0) is 6.42 Å². The Bertz CT molecular complexity index is 352. The molecule has 9 heteroatoms. The first kappa shape index (κ1) is 14.8. The van der Waals surface area contributed by atoms with Crippen LogP contribution in [0.3, 0.4) is 0 Å². The second-order valence-electron chi connectivity index (χ2n) is 3.05. The number of hydrogen-bond donors (Lipinski definition) is 4. The Kier molecular flexibility index (Phi) is 5.93. The number of hydrogen-bond acceptors (Lipinski definition) is 5. The van der Waals surface area contributed by atoms with E-state index >= 15 is 0 Å². The molecule has 0 aliphatic heterocycles. The maximum Gasteiger partial charge on any atom is 0.321 e. The first-order valence-corrected chi connectivity index (χ1v) is 6.08. The van der Waals surface area contributed by atoms with Crippen molar-refractivity contribution in [2.45, 2.75) is 18.9 Å². The van der Waals surface area contributed by atoms with Gasteiger partial charge in [-0.25, -0.2) is 13.1 Å². The lowest BCUT2D eigenvalue weighted by Crippen LogP contribution is -2.43. The third-order valence-electron chi connectivity index (χ3n) is 1.65. The van der Waals surface area contributed by atoms with E-state index in [9.17, 15) is 18.0 Å². The molecule has 0 spiro atoms.